The summed E-state index contributed by atoms with van der Waals surface area (Å²) in [5.74, 6) is 0. The first-order valence-corrected chi connectivity index (χ1v) is 7.86. The largest absolute Gasteiger partial charge is 0.465 e. The van der Waals surface area contributed by atoms with Crippen molar-refractivity contribution in [3.05, 3.63) is 89.2 Å². The molecule has 2 N–H and O–H groups in total. The lowest BCUT2D eigenvalue weighted by atomic mass is 10.0. The number of aliphatic imine (C=N–C) groups is 1. The quantitative estimate of drug-likeness (QED) is 0.513. The SMILES string of the molecule is O=C(O)Nc1cc(N=C(c2ccccc2)c2ccccc2)cnc1Cl. The fraction of sp³-hybridized carbons (Fsp3) is 0. The zero-order valence-electron chi connectivity index (χ0n) is 13.1. The molecule has 0 atom stereocenters. The number of nitrogens with one attached hydrogen (secondary N) is 1. The van der Waals surface area contributed by atoms with E-state index in [1.54, 1.807) is 6.07 Å². The lowest BCUT2D eigenvalue weighted by molar-refractivity contribution is 0.209. The van der Waals surface area contributed by atoms with Gasteiger partial charge in [0.05, 0.1) is 23.3 Å². The van der Waals surface area contributed by atoms with Crippen LogP contribution in [0.15, 0.2) is 77.9 Å². The van der Waals surface area contributed by atoms with Crippen LogP contribution in [-0.2, 0) is 0 Å². The van der Waals surface area contributed by atoms with Gasteiger partial charge in [0.2, 0.25) is 0 Å². The fourth-order valence-corrected chi connectivity index (χ4v) is 2.47. The van der Waals surface area contributed by atoms with Crippen LogP contribution in [0.5, 0.6) is 0 Å². The highest BCUT2D eigenvalue weighted by atomic mass is 35.5. The molecule has 3 rings (SSSR count). The number of benzene rings is 2. The second-order valence-corrected chi connectivity index (χ2v) is 5.51. The molecule has 0 bridgehead atoms. The van der Waals surface area contributed by atoms with Gasteiger partial charge in [-0.2, -0.15) is 0 Å². The Kier molecular flexibility index (Phi) is 5.06. The van der Waals surface area contributed by atoms with Crippen LogP contribution in [-0.4, -0.2) is 21.9 Å². The first kappa shape index (κ1) is 16.7. The van der Waals surface area contributed by atoms with E-state index in [4.69, 9.17) is 16.7 Å². The van der Waals surface area contributed by atoms with Gasteiger partial charge in [0.1, 0.15) is 0 Å². The maximum atomic E-state index is 10.9. The monoisotopic (exact) mass is 351 g/mol. The summed E-state index contributed by atoms with van der Waals surface area (Å²) in [5.41, 5.74) is 3.33. The van der Waals surface area contributed by atoms with E-state index in [1.807, 2.05) is 60.7 Å². The summed E-state index contributed by atoms with van der Waals surface area (Å²) < 4.78 is 0. The number of carbonyl (C=O) groups is 1. The van der Waals surface area contributed by atoms with E-state index >= 15 is 0 Å². The molecule has 0 fully saturated rings. The average Bonchev–Trinajstić information content (AvgIpc) is 2.63. The number of aromatic nitrogens is 1. The minimum Gasteiger partial charge on any atom is -0.465 e. The Bertz CT molecular complexity index is 871. The molecule has 0 unspecified atom stereocenters. The highest BCUT2D eigenvalue weighted by Gasteiger charge is 2.10. The molecule has 0 aliphatic carbocycles. The predicted molar refractivity (Wildman–Crippen MR) is 99.1 cm³/mol. The number of hydrogen-bond acceptors (Lipinski definition) is 3. The second kappa shape index (κ2) is 7.59. The maximum absolute atomic E-state index is 10.9. The molecule has 0 spiro atoms. The normalized spacial score (nSPS) is 10.1. The van der Waals surface area contributed by atoms with E-state index in [1.165, 1.54) is 6.20 Å². The Morgan fingerprint density at radius 1 is 1.00 bits per heavy atom. The first-order chi connectivity index (χ1) is 12.1. The van der Waals surface area contributed by atoms with Crippen LogP contribution in [0.4, 0.5) is 16.2 Å². The number of nitrogens with zero attached hydrogens (tertiary/aromatic N) is 2. The van der Waals surface area contributed by atoms with Crippen LogP contribution in [0.1, 0.15) is 11.1 Å². The minimum atomic E-state index is -1.21. The Hall–Kier alpha value is -3.18. The molecule has 6 heteroatoms. The fourth-order valence-electron chi connectivity index (χ4n) is 2.32. The molecule has 0 aliphatic rings. The van der Waals surface area contributed by atoms with Crippen LogP contribution in [0.3, 0.4) is 0 Å². The van der Waals surface area contributed by atoms with Crippen molar-refractivity contribution in [3.63, 3.8) is 0 Å². The third-order valence-electron chi connectivity index (χ3n) is 3.40. The highest BCUT2D eigenvalue weighted by molar-refractivity contribution is 6.32. The average molecular weight is 352 g/mol. The predicted octanol–water partition coefficient (Wildman–Crippen LogP) is 4.99. The number of hydrogen-bond donors (Lipinski definition) is 2. The minimum absolute atomic E-state index is 0.0716. The molecule has 3 aromatic rings. The van der Waals surface area contributed by atoms with E-state index in [-0.39, 0.29) is 10.8 Å². The second-order valence-electron chi connectivity index (χ2n) is 5.15. The Balaban J connectivity index is 2.09. The zero-order chi connectivity index (χ0) is 17.6. The van der Waals surface area contributed by atoms with Gasteiger partial charge in [0.15, 0.2) is 5.15 Å². The van der Waals surface area contributed by atoms with Crippen molar-refractivity contribution in [1.29, 1.82) is 0 Å². The molecule has 0 saturated carbocycles. The summed E-state index contributed by atoms with van der Waals surface area (Å²) in [7, 11) is 0. The molecule has 0 saturated heterocycles. The molecule has 2 aromatic carbocycles. The molecule has 1 heterocycles. The summed E-state index contributed by atoms with van der Waals surface area (Å²) in [4.78, 5) is 19.5. The number of rotatable bonds is 4. The van der Waals surface area contributed by atoms with Crippen LogP contribution in [0.2, 0.25) is 5.15 Å². The Morgan fingerprint density at radius 2 is 1.56 bits per heavy atom. The first-order valence-electron chi connectivity index (χ1n) is 7.48. The van der Waals surface area contributed by atoms with E-state index in [9.17, 15) is 4.79 Å². The van der Waals surface area contributed by atoms with Crippen molar-refractivity contribution in [2.75, 3.05) is 5.32 Å². The molecular formula is C19H14ClN3O2. The molecule has 5 nitrogen and oxygen atoms in total. The van der Waals surface area contributed by atoms with Gasteiger partial charge in [0.25, 0.3) is 0 Å². The zero-order valence-corrected chi connectivity index (χ0v) is 13.8. The lowest BCUT2D eigenvalue weighted by Gasteiger charge is -2.09. The molecule has 25 heavy (non-hydrogen) atoms. The Labute approximate surface area is 149 Å². The van der Waals surface area contributed by atoms with Gasteiger partial charge in [-0.05, 0) is 6.07 Å². The number of pyridine rings is 1. The summed E-state index contributed by atoms with van der Waals surface area (Å²) >= 11 is 5.93. The smallest absolute Gasteiger partial charge is 0.409 e. The summed E-state index contributed by atoms with van der Waals surface area (Å²) in [6.07, 6.45) is 0.289. The van der Waals surface area contributed by atoms with Gasteiger partial charge in [-0.15, -0.1) is 0 Å². The van der Waals surface area contributed by atoms with Crippen LogP contribution in [0.25, 0.3) is 0 Å². The van der Waals surface area contributed by atoms with Crippen molar-refractivity contribution in [3.8, 4) is 0 Å². The number of anilines is 1. The topological polar surface area (TPSA) is 74.6 Å². The summed E-state index contributed by atoms with van der Waals surface area (Å²) in [5, 5.41) is 11.2. The van der Waals surface area contributed by atoms with Crippen molar-refractivity contribution in [1.82, 2.24) is 4.98 Å². The van der Waals surface area contributed by atoms with Gasteiger partial charge in [-0.3, -0.25) is 5.32 Å². The van der Waals surface area contributed by atoms with Gasteiger partial charge in [-0.25, -0.2) is 14.8 Å². The van der Waals surface area contributed by atoms with Crippen molar-refractivity contribution >= 4 is 34.8 Å². The third-order valence-corrected chi connectivity index (χ3v) is 3.70. The van der Waals surface area contributed by atoms with Crippen LogP contribution in [0, 0.1) is 0 Å². The summed E-state index contributed by atoms with van der Waals surface area (Å²) in [6, 6.07) is 21.0. The van der Waals surface area contributed by atoms with E-state index in [0.29, 0.717) is 5.69 Å². The van der Waals surface area contributed by atoms with Crippen LogP contribution >= 0.6 is 11.6 Å². The molecular weight excluding hydrogens is 338 g/mol. The molecule has 0 aliphatic heterocycles. The van der Waals surface area contributed by atoms with Gasteiger partial charge < -0.3 is 5.11 Å². The van der Waals surface area contributed by atoms with Gasteiger partial charge >= 0.3 is 6.09 Å². The molecule has 1 amide bonds. The molecule has 0 radical (unpaired) electrons. The van der Waals surface area contributed by atoms with Crippen molar-refractivity contribution in [2.24, 2.45) is 4.99 Å². The number of amides is 1. The third kappa shape index (κ3) is 4.22. The number of halogens is 1. The standard InChI is InChI=1S/C19H14ClN3O2/c20-18-16(23-19(24)25)11-15(12-21-18)22-17(13-7-3-1-4-8-13)14-9-5-2-6-10-14/h1-12,23H,(H,24,25). The van der Waals surface area contributed by atoms with E-state index in [2.05, 4.69) is 15.3 Å². The van der Waals surface area contributed by atoms with Crippen molar-refractivity contribution < 1.29 is 9.90 Å². The summed E-state index contributed by atoms with van der Waals surface area (Å²) in [6.45, 7) is 0. The number of carboxylic acid groups (broad SMARTS) is 1. The van der Waals surface area contributed by atoms with Crippen LogP contribution < -0.4 is 5.32 Å². The lowest BCUT2D eigenvalue weighted by Crippen LogP contribution is -2.08. The maximum Gasteiger partial charge on any atom is 0.409 e. The highest BCUT2D eigenvalue weighted by Crippen LogP contribution is 2.26. The van der Waals surface area contributed by atoms with E-state index in [0.717, 1.165) is 16.8 Å². The van der Waals surface area contributed by atoms with Crippen molar-refractivity contribution in [2.45, 2.75) is 0 Å². The molecule has 124 valence electrons. The molecule has 1 aromatic heterocycles. The Morgan fingerprint density at radius 3 is 2.08 bits per heavy atom. The van der Waals surface area contributed by atoms with Gasteiger partial charge in [0, 0.05) is 11.1 Å². The van der Waals surface area contributed by atoms with Gasteiger partial charge in [-0.1, -0.05) is 72.3 Å². The van der Waals surface area contributed by atoms with E-state index < -0.39 is 6.09 Å².